The van der Waals surface area contributed by atoms with E-state index in [2.05, 4.69) is 42.3 Å². The monoisotopic (exact) mass is 232 g/mol. The van der Waals surface area contributed by atoms with Gasteiger partial charge >= 0.3 is 0 Å². The van der Waals surface area contributed by atoms with Crippen molar-refractivity contribution in [3.63, 3.8) is 0 Å². The summed E-state index contributed by atoms with van der Waals surface area (Å²) in [5, 5.41) is 6.47. The number of hydrogen-bond acceptors (Lipinski definition) is 3. The second-order valence-corrected chi connectivity index (χ2v) is 4.88. The summed E-state index contributed by atoms with van der Waals surface area (Å²) < 4.78 is 0. The van der Waals surface area contributed by atoms with Gasteiger partial charge in [-0.05, 0) is 32.0 Å². The van der Waals surface area contributed by atoms with Gasteiger partial charge in [-0.25, -0.2) is 4.98 Å². The molecule has 1 aromatic heterocycles. The lowest BCUT2D eigenvalue weighted by Gasteiger charge is -2.16. The number of thiazole rings is 1. The molecule has 1 aromatic carbocycles. The molecule has 0 radical (unpaired) electrons. The molecule has 1 N–H and O–H groups in total. The van der Waals surface area contributed by atoms with Gasteiger partial charge in [-0.2, -0.15) is 0 Å². The average Bonchev–Trinajstić information content (AvgIpc) is 2.75. The number of aromatic nitrogens is 1. The van der Waals surface area contributed by atoms with E-state index in [4.69, 9.17) is 0 Å². The Kier molecular flexibility index (Phi) is 3.36. The van der Waals surface area contributed by atoms with Crippen LogP contribution in [0.15, 0.2) is 29.8 Å². The summed E-state index contributed by atoms with van der Waals surface area (Å²) in [6.07, 6.45) is 1.86. The Bertz CT molecular complexity index is 463. The smallest absolute Gasteiger partial charge is 0.114 e. The molecule has 3 heteroatoms. The first-order chi connectivity index (χ1) is 7.72. The van der Waals surface area contributed by atoms with E-state index in [0.29, 0.717) is 0 Å². The second kappa shape index (κ2) is 4.76. The lowest BCUT2D eigenvalue weighted by molar-refractivity contribution is 0.682. The van der Waals surface area contributed by atoms with Gasteiger partial charge < -0.3 is 5.32 Å². The lowest BCUT2D eigenvalue weighted by Crippen LogP contribution is -2.18. The zero-order chi connectivity index (χ0) is 11.5. The molecule has 0 aliphatic rings. The number of nitrogens with zero attached hydrogens (tertiary/aromatic N) is 1. The fourth-order valence-corrected chi connectivity index (χ4v) is 2.70. The molecule has 0 fully saturated rings. The first kappa shape index (κ1) is 11.3. The molecule has 2 rings (SSSR count). The van der Waals surface area contributed by atoms with Crippen molar-refractivity contribution in [2.45, 2.75) is 19.9 Å². The van der Waals surface area contributed by atoms with Crippen molar-refractivity contribution in [1.29, 1.82) is 0 Å². The van der Waals surface area contributed by atoms with Crippen molar-refractivity contribution in [3.8, 4) is 0 Å². The maximum absolute atomic E-state index is 4.38. The molecule has 1 unspecified atom stereocenters. The van der Waals surface area contributed by atoms with Crippen LogP contribution in [-0.2, 0) is 0 Å². The fraction of sp³-hybridized carbons (Fsp3) is 0.308. The Morgan fingerprint density at radius 2 is 2.12 bits per heavy atom. The summed E-state index contributed by atoms with van der Waals surface area (Å²) >= 11 is 1.69. The Morgan fingerprint density at radius 3 is 2.69 bits per heavy atom. The van der Waals surface area contributed by atoms with Crippen LogP contribution in [0, 0.1) is 13.8 Å². The van der Waals surface area contributed by atoms with Crippen molar-refractivity contribution >= 4 is 11.3 Å². The van der Waals surface area contributed by atoms with E-state index in [0.717, 1.165) is 5.01 Å². The predicted molar refractivity (Wildman–Crippen MR) is 68.9 cm³/mol. The minimum absolute atomic E-state index is 0.209. The summed E-state index contributed by atoms with van der Waals surface area (Å²) in [7, 11) is 1.98. The SMILES string of the molecule is CNC(c1nccs1)c1ccc(C)cc1C. The van der Waals surface area contributed by atoms with Crippen LogP contribution >= 0.6 is 11.3 Å². The first-order valence-corrected chi connectivity index (χ1v) is 6.24. The number of benzene rings is 1. The zero-order valence-electron chi connectivity index (χ0n) is 9.82. The molecular weight excluding hydrogens is 216 g/mol. The molecule has 84 valence electrons. The number of nitrogens with one attached hydrogen (secondary N) is 1. The van der Waals surface area contributed by atoms with Gasteiger partial charge in [-0.1, -0.05) is 23.8 Å². The van der Waals surface area contributed by atoms with Crippen LogP contribution < -0.4 is 5.32 Å². The minimum atomic E-state index is 0.209. The highest BCUT2D eigenvalue weighted by Gasteiger charge is 2.16. The van der Waals surface area contributed by atoms with Crippen LogP contribution in [0.2, 0.25) is 0 Å². The standard InChI is InChI=1S/C13H16N2S/c1-9-4-5-11(10(2)8-9)12(14-3)13-15-6-7-16-13/h4-8,12,14H,1-3H3. The molecule has 1 heterocycles. The zero-order valence-corrected chi connectivity index (χ0v) is 10.6. The third kappa shape index (κ3) is 2.15. The largest absolute Gasteiger partial charge is 0.307 e. The fourth-order valence-electron chi connectivity index (χ4n) is 1.94. The maximum atomic E-state index is 4.38. The van der Waals surface area contributed by atoms with E-state index in [1.165, 1.54) is 16.7 Å². The van der Waals surface area contributed by atoms with Crippen LogP contribution in [0.5, 0.6) is 0 Å². The predicted octanol–water partition coefficient (Wildman–Crippen LogP) is 3.07. The van der Waals surface area contributed by atoms with Crippen LogP contribution in [0.1, 0.15) is 27.7 Å². The van der Waals surface area contributed by atoms with Crippen molar-refractivity contribution in [3.05, 3.63) is 51.5 Å². The van der Waals surface area contributed by atoms with E-state index in [1.807, 2.05) is 18.6 Å². The van der Waals surface area contributed by atoms with E-state index < -0.39 is 0 Å². The molecule has 16 heavy (non-hydrogen) atoms. The summed E-state index contributed by atoms with van der Waals surface area (Å²) in [6, 6.07) is 6.77. The van der Waals surface area contributed by atoms with Crippen molar-refractivity contribution in [2.24, 2.45) is 0 Å². The third-order valence-corrected chi connectivity index (χ3v) is 3.56. The second-order valence-electron chi connectivity index (χ2n) is 3.95. The van der Waals surface area contributed by atoms with Gasteiger partial charge in [0.2, 0.25) is 0 Å². The topological polar surface area (TPSA) is 24.9 Å². The van der Waals surface area contributed by atoms with Crippen LogP contribution in [-0.4, -0.2) is 12.0 Å². The van der Waals surface area contributed by atoms with E-state index in [-0.39, 0.29) is 6.04 Å². The van der Waals surface area contributed by atoms with E-state index in [1.54, 1.807) is 11.3 Å². The van der Waals surface area contributed by atoms with Crippen LogP contribution in [0.4, 0.5) is 0 Å². The molecule has 0 aliphatic heterocycles. The highest BCUT2D eigenvalue weighted by molar-refractivity contribution is 7.09. The number of aryl methyl sites for hydroxylation is 2. The van der Waals surface area contributed by atoms with Gasteiger partial charge in [0.25, 0.3) is 0 Å². The lowest BCUT2D eigenvalue weighted by atomic mass is 10.00. The van der Waals surface area contributed by atoms with Gasteiger partial charge in [0.1, 0.15) is 5.01 Å². The first-order valence-electron chi connectivity index (χ1n) is 5.36. The molecule has 0 aliphatic carbocycles. The molecule has 0 saturated carbocycles. The summed E-state index contributed by atoms with van der Waals surface area (Å²) in [5.41, 5.74) is 3.92. The summed E-state index contributed by atoms with van der Waals surface area (Å²) in [6.45, 7) is 4.27. The van der Waals surface area contributed by atoms with Gasteiger partial charge in [0, 0.05) is 11.6 Å². The Labute approximate surface area is 100 Å². The normalized spacial score (nSPS) is 12.7. The van der Waals surface area contributed by atoms with Gasteiger partial charge in [-0.3, -0.25) is 0 Å². The molecule has 0 spiro atoms. The van der Waals surface area contributed by atoms with Crippen molar-refractivity contribution in [2.75, 3.05) is 7.05 Å². The van der Waals surface area contributed by atoms with E-state index in [9.17, 15) is 0 Å². The van der Waals surface area contributed by atoms with Crippen LogP contribution in [0.25, 0.3) is 0 Å². The van der Waals surface area contributed by atoms with Gasteiger partial charge in [0.05, 0.1) is 6.04 Å². The molecule has 0 saturated heterocycles. The van der Waals surface area contributed by atoms with E-state index >= 15 is 0 Å². The van der Waals surface area contributed by atoms with Crippen molar-refractivity contribution < 1.29 is 0 Å². The summed E-state index contributed by atoms with van der Waals surface area (Å²) in [5.74, 6) is 0. The average molecular weight is 232 g/mol. The Hall–Kier alpha value is -1.19. The summed E-state index contributed by atoms with van der Waals surface area (Å²) in [4.78, 5) is 4.38. The highest BCUT2D eigenvalue weighted by atomic mass is 32.1. The third-order valence-electron chi connectivity index (χ3n) is 2.72. The van der Waals surface area contributed by atoms with Crippen LogP contribution in [0.3, 0.4) is 0 Å². The molecule has 1 atom stereocenters. The number of hydrogen-bond donors (Lipinski definition) is 1. The maximum Gasteiger partial charge on any atom is 0.114 e. The Morgan fingerprint density at radius 1 is 1.31 bits per heavy atom. The van der Waals surface area contributed by atoms with Gasteiger partial charge in [-0.15, -0.1) is 11.3 Å². The number of rotatable bonds is 3. The molecule has 2 aromatic rings. The minimum Gasteiger partial charge on any atom is -0.307 e. The Balaban J connectivity index is 2.41. The molecular formula is C13H16N2S. The highest BCUT2D eigenvalue weighted by Crippen LogP contribution is 2.26. The van der Waals surface area contributed by atoms with Gasteiger partial charge in [0.15, 0.2) is 0 Å². The van der Waals surface area contributed by atoms with Crippen molar-refractivity contribution in [1.82, 2.24) is 10.3 Å². The molecule has 2 nitrogen and oxygen atoms in total. The molecule has 0 amide bonds. The quantitative estimate of drug-likeness (QED) is 0.879. The molecule has 0 bridgehead atoms.